The van der Waals surface area contributed by atoms with Gasteiger partial charge in [-0.15, -0.1) is 4.40 Å². The Kier molecular flexibility index (Phi) is 3.26. The van der Waals surface area contributed by atoms with Gasteiger partial charge in [-0.25, -0.2) is 9.97 Å². The van der Waals surface area contributed by atoms with Gasteiger partial charge in [0.15, 0.2) is 5.84 Å². The van der Waals surface area contributed by atoms with Crippen LogP contribution in [0.15, 0.2) is 52.0 Å². The molecule has 0 unspecified atom stereocenters. The molecule has 1 aromatic carbocycles. The first-order valence-corrected chi connectivity index (χ1v) is 8.80. The monoisotopic (exact) mass is 329 g/mol. The van der Waals surface area contributed by atoms with E-state index in [-0.39, 0.29) is 0 Å². The fourth-order valence-electron chi connectivity index (χ4n) is 2.89. The van der Waals surface area contributed by atoms with Gasteiger partial charge in [0.05, 0.1) is 0 Å². The molecule has 1 aromatic heterocycles. The molecule has 2 aromatic rings. The van der Waals surface area contributed by atoms with Gasteiger partial charge in [-0.1, -0.05) is 12.1 Å². The van der Waals surface area contributed by atoms with Gasteiger partial charge in [0, 0.05) is 44.1 Å². The van der Waals surface area contributed by atoms with Crippen LogP contribution in [0, 0.1) is 0 Å². The first kappa shape index (κ1) is 14.1. The lowest BCUT2D eigenvalue weighted by Gasteiger charge is -2.35. The van der Waals surface area contributed by atoms with E-state index < -0.39 is 10.0 Å². The van der Waals surface area contributed by atoms with Crippen LogP contribution in [-0.2, 0) is 10.0 Å². The molecule has 0 aliphatic carbocycles. The zero-order valence-corrected chi connectivity index (χ0v) is 13.1. The number of aromatic nitrogens is 2. The van der Waals surface area contributed by atoms with E-state index in [0.717, 1.165) is 13.1 Å². The van der Waals surface area contributed by atoms with Gasteiger partial charge in [0.2, 0.25) is 5.95 Å². The van der Waals surface area contributed by atoms with Crippen LogP contribution in [-0.4, -0.2) is 55.3 Å². The molecule has 1 fully saturated rings. The van der Waals surface area contributed by atoms with Crippen molar-refractivity contribution in [3.8, 4) is 0 Å². The molecule has 3 heterocycles. The number of piperazine rings is 1. The number of hydrogen-bond acceptors (Lipinski definition) is 6. The van der Waals surface area contributed by atoms with Crippen molar-refractivity contribution in [2.75, 3.05) is 31.1 Å². The van der Waals surface area contributed by atoms with Gasteiger partial charge < -0.3 is 9.80 Å². The van der Waals surface area contributed by atoms with E-state index in [9.17, 15) is 8.42 Å². The van der Waals surface area contributed by atoms with Crippen LogP contribution in [0.4, 0.5) is 5.95 Å². The highest BCUT2D eigenvalue weighted by molar-refractivity contribution is 7.90. The maximum absolute atomic E-state index is 12.1. The van der Waals surface area contributed by atoms with E-state index in [2.05, 4.69) is 19.3 Å². The molecule has 2 aliphatic heterocycles. The number of sulfonamides is 1. The topological polar surface area (TPSA) is 78.8 Å². The fraction of sp³-hybridized carbons (Fsp3) is 0.267. The summed E-state index contributed by atoms with van der Waals surface area (Å²) in [6, 6.07) is 8.76. The van der Waals surface area contributed by atoms with Crippen LogP contribution in [0.5, 0.6) is 0 Å². The predicted octanol–water partition coefficient (Wildman–Crippen LogP) is 0.748. The highest BCUT2D eigenvalue weighted by Crippen LogP contribution is 2.28. The largest absolute Gasteiger partial charge is 0.352 e. The molecule has 0 bridgehead atoms. The second-order valence-corrected chi connectivity index (χ2v) is 6.98. The molecular formula is C15H15N5O2S. The van der Waals surface area contributed by atoms with Gasteiger partial charge in [-0.2, -0.15) is 8.42 Å². The lowest BCUT2D eigenvalue weighted by atomic mass is 10.1. The third-order valence-corrected chi connectivity index (χ3v) is 5.35. The lowest BCUT2D eigenvalue weighted by molar-refractivity contribution is 0.384. The van der Waals surface area contributed by atoms with Crippen LogP contribution in [0.25, 0.3) is 0 Å². The summed E-state index contributed by atoms with van der Waals surface area (Å²) < 4.78 is 28.3. The maximum Gasteiger partial charge on any atom is 0.285 e. The second kappa shape index (κ2) is 5.31. The number of rotatable bonds is 1. The third-order valence-electron chi connectivity index (χ3n) is 4.03. The highest BCUT2D eigenvalue weighted by atomic mass is 32.2. The summed E-state index contributed by atoms with van der Waals surface area (Å²) in [5.41, 5.74) is 0.692. The second-order valence-electron chi connectivity index (χ2n) is 5.41. The summed E-state index contributed by atoms with van der Waals surface area (Å²) in [5, 5.41) is 0. The number of amidine groups is 1. The summed E-state index contributed by atoms with van der Waals surface area (Å²) in [5.74, 6) is 1.25. The molecule has 0 amide bonds. The molecule has 23 heavy (non-hydrogen) atoms. The molecule has 4 rings (SSSR count). The van der Waals surface area contributed by atoms with Crippen molar-refractivity contribution < 1.29 is 8.42 Å². The van der Waals surface area contributed by atoms with Gasteiger partial charge in [0.25, 0.3) is 10.0 Å². The van der Waals surface area contributed by atoms with Gasteiger partial charge in [0.1, 0.15) is 4.90 Å². The van der Waals surface area contributed by atoms with Crippen molar-refractivity contribution in [2.24, 2.45) is 4.40 Å². The van der Waals surface area contributed by atoms with Crippen molar-refractivity contribution in [1.82, 2.24) is 14.9 Å². The minimum Gasteiger partial charge on any atom is -0.352 e. The van der Waals surface area contributed by atoms with E-state index >= 15 is 0 Å². The highest BCUT2D eigenvalue weighted by Gasteiger charge is 2.33. The Morgan fingerprint density at radius 3 is 2.26 bits per heavy atom. The number of fused-ring (bicyclic) bond motifs is 1. The van der Waals surface area contributed by atoms with Gasteiger partial charge in [-0.3, -0.25) is 0 Å². The molecular weight excluding hydrogens is 314 g/mol. The number of benzene rings is 1. The quantitative estimate of drug-likeness (QED) is 0.768. The zero-order valence-electron chi connectivity index (χ0n) is 12.3. The predicted molar refractivity (Wildman–Crippen MR) is 86.0 cm³/mol. The Labute approximate surface area is 134 Å². The Hall–Kier alpha value is -2.48. The zero-order chi connectivity index (χ0) is 15.9. The molecule has 118 valence electrons. The van der Waals surface area contributed by atoms with Crippen LogP contribution >= 0.6 is 0 Å². The van der Waals surface area contributed by atoms with Crippen molar-refractivity contribution in [1.29, 1.82) is 0 Å². The summed E-state index contributed by atoms with van der Waals surface area (Å²) in [4.78, 5) is 12.9. The molecule has 0 radical (unpaired) electrons. The number of nitrogens with zero attached hydrogens (tertiary/aromatic N) is 5. The Morgan fingerprint density at radius 2 is 1.52 bits per heavy atom. The van der Waals surface area contributed by atoms with Gasteiger partial charge in [-0.05, 0) is 18.2 Å². The molecule has 0 N–H and O–H groups in total. The molecule has 0 spiro atoms. The normalized spacial score (nSPS) is 19.4. The summed E-state index contributed by atoms with van der Waals surface area (Å²) >= 11 is 0. The van der Waals surface area contributed by atoms with Crippen LogP contribution in [0.2, 0.25) is 0 Å². The van der Waals surface area contributed by atoms with E-state index in [1.54, 1.807) is 30.6 Å². The van der Waals surface area contributed by atoms with E-state index in [1.807, 2.05) is 17.0 Å². The van der Waals surface area contributed by atoms with Crippen molar-refractivity contribution >= 4 is 21.8 Å². The average Bonchev–Trinajstić information content (AvgIpc) is 2.88. The molecule has 8 heteroatoms. The Balaban J connectivity index is 1.56. The molecule has 1 saturated heterocycles. The first-order valence-electron chi connectivity index (χ1n) is 7.36. The van der Waals surface area contributed by atoms with Crippen molar-refractivity contribution in [2.45, 2.75) is 4.90 Å². The maximum atomic E-state index is 12.1. The Morgan fingerprint density at radius 1 is 0.870 bits per heavy atom. The third kappa shape index (κ3) is 2.44. The summed E-state index contributed by atoms with van der Waals surface area (Å²) in [7, 11) is -3.56. The lowest BCUT2D eigenvalue weighted by Crippen LogP contribution is -2.49. The standard InChI is InChI=1S/C15H15N5O2S/c21-23(22)13-5-2-1-4-12(13)14(18-23)19-8-10-20(11-9-19)15-16-6-3-7-17-15/h1-7H,8-11H2. The molecule has 2 aliphatic rings. The Bertz CT molecular complexity index is 858. The number of anilines is 1. The van der Waals surface area contributed by atoms with Gasteiger partial charge >= 0.3 is 0 Å². The van der Waals surface area contributed by atoms with E-state index in [0.29, 0.717) is 35.3 Å². The first-order chi connectivity index (χ1) is 11.1. The minimum atomic E-state index is -3.56. The summed E-state index contributed by atoms with van der Waals surface area (Å²) in [6.45, 7) is 2.82. The fourth-order valence-corrected chi connectivity index (χ4v) is 4.12. The molecule has 7 nitrogen and oxygen atoms in total. The SMILES string of the molecule is O=S1(=O)N=C(N2CCN(c3ncccn3)CC2)c2ccccc21. The molecule has 0 saturated carbocycles. The van der Waals surface area contributed by atoms with Crippen LogP contribution < -0.4 is 4.90 Å². The average molecular weight is 329 g/mol. The van der Waals surface area contributed by atoms with Crippen LogP contribution in [0.1, 0.15) is 5.56 Å². The van der Waals surface area contributed by atoms with E-state index in [1.165, 1.54) is 0 Å². The smallest absolute Gasteiger partial charge is 0.285 e. The van der Waals surface area contributed by atoms with Crippen LogP contribution in [0.3, 0.4) is 0 Å². The number of hydrogen-bond donors (Lipinski definition) is 0. The van der Waals surface area contributed by atoms with E-state index in [4.69, 9.17) is 0 Å². The van der Waals surface area contributed by atoms with Crippen molar-refractivity contribution in [3.63, 3.8) is 0 Å². The molecule has 0 atom stereocenters. The summed E-state index contributed by atoms with van der Waals surface area (Å²) in [6.07, 6.45) is 3.44. The van der Waals surface area contributed by atoms with Crippen molar-refractivity contribution in [3.05, 3.63) is 48.3 Å². The minimum absolute atomic E-state index is 0.295.